The standard InChI is InChI=1S/C9H15N3O/c1-3-4-5-10-9-11-6-8(13-2)7-12-9/h6-7H,3-5H2,1-2H3,(H,10,11,12). The highest BCUT2D eigenvalue weighted by molar-refractivity contribution is 5.26. The predicted molar refractivity (Wildman–Crippen MR) is 52.0 cm³/mol. The first-order valence-electron chi connectivity index (χ1n) is 4.46. The maximum atomic E-state index is 4.94. The fourth-order valence-electron chi connectivity index (χ4n) is 0.890. The number of ether oxygens (including phenoxy) is 1. The van der Waals surface area contributed by atoms with Crippen LogP contribution in [0.15, 0.2) is 12.4 Å². The number of methoxy groups -OCH3 is 1. The van der Waals surface area contributed by atoms with E-state index in [1.54, 1.807) is 19.5 Å². The van der Waals surface area contributed by atoms with E-state index in [9.17, 15) is 0 Å². The van der Waals surface area contributed by atoms with E-state index in [0.717, 1.165) is 13.0 Å². The van der Waals surface area contributed by atoms with Gasteiger partial charge in [0.05, 0.1) is 19.5 Å². The number of hydrogen-bond acceptors (Lipinski definition) is 4. The highest BCUT2D eigenvalue weighted by Gasteiger charge is 1.94. The van der Waals surface area contributed by atoms with Crippen LogP contribution in [0.5, 0.6) is 5.75 Å². The summed E-state index contributed by atoms with van der Waals surface area (Å²) in [4.78, 5) is 8.15. The Morgan fingerprint density at radius 1 is 1.38 bits per heavy atom. The van der Waals surface area contributed by atoms with Gasteiger partial charge in [-0.3, -0.25) is 0 Å². The van der Waals surface area contributed by atoms with Crippen molar-refractivity contribution in [1.29, 1.82) is 0 Å². The lowest BCUT2D eigenvalue weighted by Crippen LogP contribution is -2.04. The molecule has 0 aromatic carbocycles. The van der Waals surface area contributed by atoms with E-state index in [1.807, 2.05) is 0 Å². The second-order valence-electron chi connectivity index (χ2n) is 2.73. The van der Waals surface area contributed by atoms with Gasteiger partial charge in [0.25, 0.3) is 0 Å². The van der Waals surface area contributed by atoms with Crippen LogP contribution >= 0.6 is 0 Å². The molecule has 13 heavy (non-hydrogen) atoms. The Morgan fingerprint density at radius 3 is 2.62 bits per heavy atom. The summed E-state index contributed by atoms with van der Waals surface area (Å²) in [6, 6.07) is 0. The molecule has 72 valence electrons. The van der Waals surface area contributed by atoms with Crippen molar-refractivity contribution in [2.75, 3.05) is 19.0 Å². The normalized spacial score (nSPS) is 9.69. The van der Waals surface area contributed by atoms with E-state index in [0.29, 0.717) is 11.7 Å². The number of hydrogen-bond donors (Lipinski definition) is 1. The molecule has 1 rings (SSSR count). The number of nitrogens with one attached hydrogen (secondary N) is 1. The molecule has 4 heteroatoms. The fourth-order valence-corrected chi connectivity index (χ4v) is 0.890. The molecule has 0 saturated heterocycles. The van der Waals surface area contributed by atoms with Crippen molar-refractivity contribution in [2.45, 2.75) is 19.8 Å². The summed E-state index contributed by atoms with van der Waals surface area (Å²) < 4.78 is 4.94. The summed E-state index contributed by atoms with van der Waals surface area (Å²) >= 11 is 0. The van der Waals surface area contributed by atoms with Crippen LogP contribution in [-0.2, 0) is 0 Å². The summed E-state index contributed by atoms with van der Waals surface area (Å²) in [5.74, 6) is 1.34. The average molecular weight is 181 g/mol. The van der Waals surface area contributed by atoms with Crippen LogP contribution in [0.3, 0.4) is 0 Å². The third kappa shape index (κ3) is 3.27. The van der Waals surface area contributed by atoms with Crippen molar-refractivity contribution in [3.8, 4) is 5.75 Å². The number of nitrogens with zero attached hydrogens (tertiary/aromatic N) is 2. The minimum atomic E-state index is 0.661. The van der Waals surface area contributed by atoms with Crippen LogP contribution < -0.4 is 10.1 Å². The summed E-state index contributed by atoms with van der Waals surface area (Å²) in [6.45, 7) is 3.07. The van der Waals surface area contributed by atoms with Crippen LogP contribution in [0.25, 0.3) is 0 Å². The Bertz CT molecular complexity index is 235. The first kappa shape index (κ1) is 9.77. The van der Waals surface area contributed by atoms with Gasteiger partial charge in [-0.1, -0.05) is 13.3 Å². The van der Waals surface area contributed by atoms with Gasteiger partial charge < -0.3 is 10.1 Å². The molecular weight excluding hydrogens is 166 g/mol. The molecule has 0 aliphatic rings. The smallest absolute Gasteiger partial charge is 0.222 e. The molecule has 0 spiro atoms. The van der Waals surface area contributed by atoms with Crippen molar-refractivity contribution in [1.82, 2.24) is 9.97 Å². The average Bonchev–Trinajstić information content (AvgIpc) is 2.19. The van der Waals surface area contributed by atoms with Gasteiger partial charge in [0, 0.05) is 6.54 Å². The second-order valence-corrected chi connectivity index (χ2v) is 2.73. The third-order valence-electron chi connectivity index (χ3n) is 1.68. The van der Waals surface area contributed by atoms with E-state index < -0.39 is 0 Å². The topological polar surface area (TPSA) is 47.0 Å². The van der Waals surface area contributed by atoms with Gasteiger partial charge in [0.2, 0.25) is 5.95 Å². The van der Waals surface area contributed by atoms with Crippen molar-refractivity contribution in [3.05, 3.63) is 12.4 Å². The van der Waals surface area contributed by atoms with Gasteiger partial charge in [-0.2, -0.15) is 0 Å². The van der Waals surface area contributed by atoms with Crippen molar-refractivity contribution < 1.29 is 4.74 Å². The molecule has 0 fully saturated rings. The van der Waals surface area contributed by atoms with Crippen LogP contribution in [0, 0.1) is 0 Å². The Labute approximate surface area is 78.4 Å². The summed E-state index contributed by atoms with van der Waals surface area (Å²) in [6.07, 6.45) is 5.61. The summed E-state index contributed by atoms with van der Waals surface area (Å²) in [7, 11) is 1.60. The van der Waals surface area contributed by atoms with Crippen LogP contribution in [0.1, 0.15) is 19.8 Å². The Morgan fingerprint density at radius 2 is 2.08 bits per heavy atom. The highest BCUT2D eigenvalue weighted by atomic mass is 16.5. The molecule has 1 aromatic rings. The van der Waals surface area contributed by atoms with Crippen LogP contribution in [-0.4, -0.2) is 23.6 Å². The zero-order valence-corrected chi connectivity index (χ0v) is 8.08. The monoisotopic (exact) mass is 181 g/mol. The van der Waals surface area contributed by atoms with E-state index in [1.165, 1.54) is 6.42 Å². The molecule has 0 saturated carbocycles. The fraction of sp³-hybridized carbons (Fsp3) is 0.556. The molecule has 1 aromatic heterocycles. The lowest BCUT2D eigenvalue weighted by molar-refractivity contribution is 0.411. The molecule has 0 radical (unpaired) electrons. The van der Waals surface area contributed by atoms with Gasteiger partial charge in [-0.15, -0.1) is 0 Å². The second kappa shape index (κ2) is 5.35. The number of rotatable bonds is 5. The van der Waals surface area contributed by atoms with E-state index in [-0.39, 0.29) is 0 Å². The molecule has 0 aliphatic carbocycles. The lowest BCUT2D eigenvalue weighted by Gasteiger charge is -2.03. The molecule has 0 bridgehead atoms. The molecule has 0 unspecified atom stereocenters. The molecule has 1 N–H and O–H groups in total. The Kier molecular flexibility index (Phi) is 4.02. The van der Waals surface area contributed by atoms with E-state index in [4.69, 9.17) is 4.74 Å². The van der Waals surface area contributed by atoms with Gasteiger partial charge in [0.15, 0.2) is 5.75 Å². The molecule has 4 nitrogen and oxygen atoms in total. The number of aromatic nitrogens is 2. The van der Waals surface area contributed by atoms with Gasteiger partial charge >= 0.3 is 0 Å². The SMILES string of the molecule is CCCCNc1ncc(OC)cn1. The molecular formula is C9H15N3O. The largest absolute Gasteiger partial charge is 0.494 e. The minimum Gasteiger partial charge on any atom is -0.494 e. The van der Waals surface area contributed by atoms with Gasteiger partial charge in [0.1, 0.15) is 0 Å². The maximum Gasteiger partial charge on any atom is 0.222 e. The zero-order valence-electron chi connectivity index (χ0n) is 8.08. The lowest BCUT2D eigenvalue weighted by atomic mass is 10.3. The van der Waals surface area contributed by atoms with Gasteiger partial charge in [-0.25, -0.2) is 9.97 Å². The van der Waals surface area contributed by atoms with Crippen LogP contribution in [0.2, 0.25) is 0 Å². The van der Waals surface area contributed by atoms with E-state index in [2.05, 4.69) is 22.2 Å². The predicted octanol–water partition coefficient (Wildman–Crippen LogP) is 1.70. The minimum absolute atomic E-state index is 0.661. The first-order chi connectivity index (χ1) is 6.36. The first-order valence-corrected chi connectivity index (χ1v) is 4.46. The third-order valence-corrected chi connectivity index (χ3v) is 1.68. The number of unbranched alkanes of at least 4 members (excludes halogenated alkanes) is 1. The summed E-state index contributed by atoms with van der Waals surface area (Å²) in [5.41, 5.74) is 0. The number of anilines is 1. The quantitative estimate of drug-likeness (QED) is 0.702. The highest BCUT2D eigenvalue weighted by Crippen LogP contribution is 2.06. The van der Waals surface area contributed by atoms with Crippen molar-refractivity contribution in [3.63, 3.8) is 0 Å². The maximum absolute atomic E-state index is 4.94. The Hall–Kier alpha value is -1.32. The van der Waals surface area contributed by atoms with Gasteiger partial charge in [-0.05, 0) is 6.42 Å². The molecule has 1 heterocycles. The molecule has 0 amide bonds. The van der Waals surface area contributed by atoms with E-state index >= 15 is 0 Å². The van der Waals surface area contributed by atoms with Crippen molar-refractivity contribution >= 4 is 5.95 Å². The van der Waals surface area contributed by atoms with Crippen LogP contribution in [0.4, 0.5) is 5.95 Å². The molecule has 0 aliphatic heterocycles. The summed E-state index contributed by atoms with van der Waals surface area (Å²) in [5, 5.41) is 3.12. The zero-order chi connectivity index (χ0) is 9.52. The molecule has 0 atom stereocenters. The Balaban J connectivity index is 2.40. The van der Waals surface area contributed by atoms with Crippen molar-refractivity contribution in [2.24, 2.45) is 0 Å².